The van der Waals surface area contributed by atoms with Crippen LogP contribution in [0, 0.1) is 20.8 Å². The molecule has 0 fully saturated rings. The largest absolute Gasteiger partial charge is 0.460 e. The second-order valence-electron chi connectivity index (χ2n) is 6.14. The number of anilines is 2. The number of nitrogens with zero attached hydrogens (tertiary/aromatic N) is 2. The molecule has 0 bridgehead atoms. The summed E-state index contributed by atoms with van der Waals surface area (Å²) < 4.78 is 7.87. The van der Waals surface area contributed by atoms with Gasteiger partial charge >= 0.3 is 0 Å². The Morgan fingerprint density at radius 2 is 1.71 bits per heavy atom. The lowest BCUT2D eigenvalue weighted by molar-refractivity contribution is 0.547. The summed E-state index contributed by atoms with van der Waals surface area (Å²) in [5.41, 5.74) is 5.14. The molecular formula is C20H19N3O. The molecule has 0 saturated heterocycles. The van der Waals surface area contributed by atoms with Crippen LogP contribution in [0.2, 0.25) is 0 Å². The minimum atomic E-state index is 0.767. The van der Waals surface area contributed by atoms with Crippen molar-refractivity contribution in [3.05, 3.63) is 71.6 Å². The van der Waals surface area contributed by atoms with Gasteiger partial charge in [-0.25, -0.2) is 4.98 Å². The summed E-state index contributed by atoms with van der Waals surface area (Å²) in [5, 5.41) is 3.49. The van der Waals surface area contributed by atoms with E-state index in [1.54, 1.807) is 0 Å². The number of hydrogen-bond acceptors (Lipinski definition) is 3. The Labute approximate surface area is 140 Å². The van der Waals surface area contributed by atoms with Crippen LogP contribution in [-0.4, -0.2) is 9.38 Å². The number of aromatic nitrogens is 2. The number of benzene rings is 1. The zero-order valence-electron chi connectivity index (χ0n) is 14.0. The predicted octanol–water partition coefficient (Wildman–Crippen LogP) is 5.26. The van der Waals surface area contributed by atoms with E-state index in [1.165, 1.54) is 11.1 Å². The lowest BCUT2D eigenvalue weighted by Gasteiger charge is -2.08. The number of hydrogen-bond donors (Lipinski definition) is 1. The van der Waals surface area contributed by atoms with Gasteiger partial charge in [-0.1, -0.05) is 17.7 Å². The average Bonchev–Trinajstić information content (AvgIpc) is 3.13. The van der Waals surface area contributed by atoms with E-state index in [1.807, 2.05) is 25.3 Å². The van der Waals surface area contributed by atoms with E-state index in [-0.39, 0.29) is 0 Å². The molecule has 0 aliphatic carbocycles. The number of fused-ring (bicyclic) bond motifs is 1. The first-order valence-corrected chi connectivity index (χ1v) is 7.99. The maximum Gasteiger partial charge on any atom is 0.156 e. The lowest BCUT2D eigenvalue weighted by Crippen LogP contribution is -1.96. The normalized spacial score (nSPS) is 11.1. The summed E-state index contributed by atoms with van der Waals surface area (Å²) in [6, 6.07) is 16.4. The van der Waals surface area contributed by atoms with E-state index in [4.69, 9.17) is 9.40 Å². The highest BCUT2D eigenvalue weighted by molar-refractivity contribution is 5.77. The van der Waals surface area contributed by atoms with Crippen molar-refractivity contribution in [3.8, 4) is 11.5 Å². The third-order valence-electron chi connectivity index (χ3n) is 4.07. The molecule has 24 heavy (non-hydrogen) atoms. The molecule has 0 radical (unpaired) electrons. The van der Waals surface area contributed by atoms with Gasteiger partial charge in [0, 0.05) is 11.9 Å². The number of nitrogens with one attached hydrogen (secondary N) is 1. The fourth-order valence-corrected chi connectivity index (χ4v) is 2.77. The van der Waals surface area contributed by atoms with Crippen molar-refractivity contribution in [2.45, 2.75) is 20.8 Å². The molecule has 0 aliphatic heterocycles. The van der Waals surface area contributed by atoms with Gasteiger partial charge in [0.2, 0.25) is 0 Å². The lowest BCUT2D eigenvalue weighted by atomic mass is 10.2. The first kappa shape index (κ1) is 14.6. The fraction of sp³-hybridized carbons (Fsp3) is 0.150. The third kappa shape index (κ3) is 2.56. The van der Waals surface area contributed by atoms with Gasteiger partial charge in [-0.3, -0.25) is 4.40 Å². The molecule has 0 saturated carbocycles. The molecule has 0 unspecified atom stereocenters. The molecule has 3 heterocycles. The summed E-state index contributed by atoms with van der Waals surface area (Å²) in [5.74, 6) is 2.55. The van der Waals surface area contributed by atoms with Gasteiger partial charge in [0.25, 0.3) is 0 Å². The van der Waals surface area contributed by atoms with Gasteiger partial charge in [0.05, 0.1) is 0 Å². The Morgan fingerprint density at radius 3 is 2.42 bits per heavy atom. The highest BCUT2D eigenvalue weighted by atomic mass is 16.3. The number of pyridine rings is 1. The average molecular weight is 317 g/mol. The number of aryl methyl sites for hydroxylation is 3. The molecule has 4 aromatic rings. The van der Waals surface area contributed by atoms with Crippen LogP contribution in [0.5, 0.6) is 0 Å². The van der Waals surface area contributed by atoms with E-state index in [0.29, 0.717) is 0 Å². The number of furan rings is 1. The van der Waals surface area contributed by atoms with E-state index < -0.39 is 0 Å². The van der Waals surface area contributed by atoms with Crippen LogP contribution in [0.25, 0.3) is 17.1 Å². The van der Waals surface area contributed by atoms with Crippen LogP contribution >= 0.6 is 0 Å². The predicted molar refractivity (Wildman–Crippen MR) is 96.8 cm³/mol. The summed E-state index contributed by atoms with van der Waals surface area (Å²) in [4.78, 5) is 4.78. The maximum absolute atomic E-state index is 5.81. The number of rotatable bonds is 3. The summed E-state index contributed by atoms with van der Waals surface area (Å²) in [7, 11) is 0. The standard InChI is InChI=1S/C20H19N3O/c1-13-4-7-16(8-5-13)21-20-19(17-9-6-15(3)24-17)22-18-12-14(2)10-11-23(18)20/h4-12,21H,1-3H3. The molecule has 1 N–H and O–H groups in total. The summed E-state index contributed by atoms with van der Waals surface area (Å²) in [6.45, 7) is 6.09. The Bertz CT molecular complexity index is 1010. The van der Waals surface area contributed by atoms with E-state index >= 15 is 0 Å². The maximum atomic E-state index is 5.81. The quantitative estimate of drug-likeness (QED) is 0.560. The van der Waals surface area contributed by atoms with Crippen LogP contribution < -0.4 is 5.32 Å². The molecule has 3 aromatic heterocycles. The second-order valence-corrected chi connectivity index (χ2v) is 6.14. The second kappa shape index (κ2) is 5.57. The van der Waals surface area contributed by atoms with Crippen molar-refractivity contribution in [2.24, 2.45) is 0 Å². The van der Waals surface area contributed by atoms with Crippen molar-refractivity contribution in [1.82, 2.24) is 9.38 Å². The van der Waals surface area contributed by atoms with Crippen molar-refractivity contribution < 1.29 is 4.42 Å². The van der Waals surface area contributed by atoms with Gasteiger partial charge in [-0.15, -0.1) is 0 Å². The molecule has 1 aromatic carbocycles. The zero-order chi connectivity index (χ0) is 16.7. The van der Waals surface area contributed by atoms with Gasteiger partial charge < -0.3 is 9.73 Å². The van der Waals surface area contributed by atoms with Crippen LogP contribution in [0.4, 0.5) is 11.5 Å². The Kier molecular flexibility index (Phi) is 3.38. The van der Waals surface area contributed by atoms with Crippen LogP contribution in [0.15, 0.2) is 59.1 Å². The fourth-order valence-electron chi connectivity index (χ4n) is 2.77. The van der Waals surface area contributed by atoms with Crippen molar-refractivity contribution >= 4 is 17.2 Å². The van der Waals surface area contributed by atoms with Gasteiger partial charge in [-0.2, -0.15) is 0 Å². The monoisotopic (exact) mass is 317 g/mol. The Balaban J connectivity index is 1.88. The smallest absolute Gasteiger partial charge is 0.156 e. The van der Waals surface area contributed by atoms with E-state index in [9.17, 15) is 0 Å². The first-order valence-electron chi connectivity index (χ1n) is 7.99. The van der Waals surface area contributed by atoms with Gasteiger partial charge in [0.1, 0.15) is 22.9 Å². The minimum Gasteiger partial charge on any atom is -0.460 e. The topological polar surface area (TPSA) is 42.5 Å². The van der Waals surface area contributed by atoms with Crippen LogP contribution in [-0.2, 0) is 0 Å². The number of imidazole rings is 1. The van der Waals surface area contributed by atoms with Gasteiger partial charge in [0.15, 0.2) is 5.76 Å². The molecular weight excluding hydrogens is 298 g/mol. The molecule has 4 nitrogen and oxygen atoms in total. The van der Waals surface area contributed by atoms with Crippen molar-refractivity contribution in [3.63, 3.8) is 0 Å². The van der Waals surface area contributed by atoms with E-state index in [0.717, 1.165) is 34.4 Å². The third-order valence-corrected chi connectivity index (χ3v) is 4.07. The SMILES string of the molecule is Cc1ccc(Nc2c(-c3ccc(C)o3)nc3cc(C)ccn23)cc1. The molecule has 0 amide bonds. The molecule has 120 valence electrons. The minimum absolute atomic E-state index is 0.767. The molecule has 4 heteroatoms. The molecule has 4 rings (SSSR count). The first-order chi connectivity index (χ1) is 11.6. The Morgan fingerprint density at radius 1 is 0.917 bits per heavy atom. The molecule has 0 aliphatic rings. The van der Waals surface area contributed by atoms with Crippen LogP contribution in [0.3, 0.4) is 0 Å². The van der Waals surface area contributed by atoms with Crippen LogP contribution in [0.1, 0.15) is 16.9 Å². The highest BCUT2D eigenvalue weighted by Gasteiger charge is 2.17. The summed E-state index contributed by atoms with van der Waals surface area (Å²) >= 11 is 0. The highest BCUT2D eigenvalue weighted by Crippen LogP contribution is 2.32. The van der Waals surface area contributed by atoms with Crippen molar-refractivity contribution in [1.29, 1.82) is 0 Å². The zero-order valence-corrected chi connectivity index (χ0v) is 14.0. The molecule has 0 spiro atoms. The summed E-state index contributed by atoms with van der Waals surface area (Å²) in [6.07, 6.45) is 2.04. The van der Waals surface area contributed by atoms with Crippen molar-refractivity contribution in [2.75, 3.05) is 5.32 Å². The Hall–Kier alpha value is -3.01. The van der Waals surface area contributed by atoms with E-state index in [2.05, 4.69) is 60.0 Å². The van der Waals surface area contributed by atoms with Gasteiger partial charge in [-0.05, 0) is 62.7 Å². The molecule has 0 atom stereocenters.